The van der Waals surface area contributed by atoms with Crippen LogP contribution < -0.4 is 10.2 Å². The van der Waals surface area contributed by atoms with Crippen molar-refractivity contribution in [2.45, 2.75) is 46.1 Å². The Kier molecular flexibility index (Phi) is 7.20. The summed E-state index contributed by atoms with van der Waals surface area (Å²) < 4.78 is 0. The zero-order valence-electron chi connectivity index (χ0n) is 14.6. The van der Waals surface area contributed by atoms with Crippen molar-refractivity contribution >= 4 is 5.69 Å². The molecule has 0 spiro atoms. The number of rotatable bonds is 8. The third-order valence-electron chi connectivity index (χ3n) is 4.83. The molecule has 1 saturated heterocycles. The minimum absolute atomic E-state index is 0.591. The van der Waals surface area contributed by atoms with Gasteiger partial charge in [-0.25, -0.2) is 0 Å². The summed E-state index contributed by atoms with van der Waals surface area (Å²) in [5.41, 5.74) is 2.84. The van der Waals surface area contributed by atoms with Gasteiger partial charge in [0.25, 0.3) is 0 Å². The predicted molar refractivity (Wildman–Crippen MR) is 96.7 cm³/mol. The number of hydrogen-bond acceptors (Lipinski definition) is 3. The molecule has 0 aromatic heterocycles. The van der Waals surface area contributed by atoms with Gasteiger partial charge in [-0.15, -0.1) is 0 Å². The number of unbranched alkanes of at least 4 members (excludes halogenated alkanes) is 1. The molecule has 1 N–H and O–H groups in total. The van der Waals surface area contributed by atoms with Crippen molar-refractivity contribution in [3.05, 3.63) is 29.8 Å². The molecule has 0 unspecified atom stereocenters. The highest BCUT2D eigenvalue weighted by molar-refractivity contribution is 5.47. The summed E-state index contributed by atoms with van der Waals surface area (Å²) in [5.74, 6) is 0. The third-order valence-corrected chi connectivity index (χ3v) is 4.83. The van der Waals surface area contributed by atoms with Gasteiger partial charge in [0.05, 0.1) is 0 Å². The van der Waals surface area contributed by atoms with E-state index in [9.17, 15) is 0 Å². The molecule has 1 aromatic carbocycles. The van der Waals surface area contributed by atoms with Crippen LogP contribution in [-0.2, 0) is 0 Å². The topological polar surface area (TPSA) is 18.5 Å². The van der Waals surface area contributed by atoms with Crippen molar-refractivity contribution in [2.24, 2.45) is 0 Å². The van der Waals surface area contributed by atoms with Gasteiger partial charge in [0, 0.05) is 51.0 Å². The average molecular weight is 303 g/mol. The van der Waals surface area contributed by atoms with E-state index >= 15 is 0 Å². The standard InChI is InChI=1S/C19H33N3/c1-4-7-8-19(22-15-13-20-14-16-22)17-9-11-18(12-10-17)21(5-2)6-3/h9-12,19-20H,4-8,13-16H2,1-3H3/t19-/m0/s1. The van der Waals surface area contributed by atoms with Crippen molar-refractivity contribution in [3.8, 4) is 0 Å². The summed E-state index contributed by atoms with van der Waals surface area (Å²) in [6, 6.07) is 9.92. The van der Waals surface area contributed by atoms with E-state index in [1.54, 1.807) is 0 Å². The number of anilines is 1. The van der Waals surface area contributed by atoms with Crippen LogP contribution in [0.5, 0.6) is 0 Å². The first-order chi connectivity index (χ1) is 10.8. The third kappa shape index (κ3) is 4.47. The van der Waals surface area contributed by atoms with Crippen LogP contribution >= 0.6 is 0 Å². The molecular formula is C19H33N3. The first-order valence-corrected chi connectivity index (χ1v) is 9.09. The normalized spacial score (nSPS) is 17.4. The highest BCUT2D eigenvalue weighted by Gasteiger charge is 2.21. The SMILES string of the molecule is CCCC[C@@H](c1ccc(N(CC)CC)cc1)N1CCNCC1. The van der Waals surface area contributed by atoms with Crippen LogP contribution in [0, 0.1) is 0 Å². The van der Waals surface area contributed by atoms with Crippen LogP contribution in [0.1, 0.15) is 51.6 Å². The molecule has 0 saturated carbocycles. The molecule has 3 nitrogen and oxygen atoms in total. The maximum atomic E-state index is 3.47. The van der Waals surface area contributed by atoms with Gasteiger partial charge < -0.3 is 10.2 Å². The van der Waals surface area contributed by atoms with Crippen molar-refractivity contribution in [1.82, 2.24) is 10.2 Å². The van der Waals surface area contributed by atoms with Crippen molar-refractivity contribution in [3.63, 3.8) is 0 Å². The minimum Gasteiger partial charge on any atom is -0.372 e. The monoisotopic (exact) mass is 303 g/mol. The second-order valence-corrected chi connectivity index (χ2v) is 6.21. The zero-order valence-corrected chi connectivity index (χ0v) is 14.6. The molecule has 3 heteroatoms. The maximum absolute atomic E-state index is 3.47. The highest BCUT2D eigenvalue weighted by atomic mass is 15.2. The lowest BCUT2D eigenvalue weighted by Gasteiger charge is -2.35. The Morgan fingerprint density at radius 2 is 1.68 bits per heavy atom. The molecule has 1 aromatic rings. The van der Waals surface area contributed by atoms with Gasteiger partial charge in [-0.1, -0.05) is 31.9 Å². The Balaban J connectivity index is 2.12. The molecule has 0 amide bonds. The van der Waals surface area contributed by atoms with Crippen LogP contribution in [0.3, 0.4) is 0 Å². The van der Waals surface area contributed by atoms with Crippen molar-refractivity contribution in [2.75, 3.05) is 44.2 Å². The Morgan fingerprint density at radius 1 is 1.05 bits per heavy atom. The van der Waals surface area contributed by atoms with Gasteiger partial charge in [-0.05, 0) is 38.0 Å². The Morgan fingerprint density at radius 3 is 2.23 bits per heavy atom. The Bertz CT molecular complexity index is 405. The fourth-order valence-corrected chi connectivity index (χ4v) is 3.45. The summed E-state index contributed by atoms with van der Waals surface area (Å²) in [5, 5.41) is 3.47. The molecule has 1 fully saturated rings. The molecule has 1 aliphatic rings. The zero-order chi connectivity index (χ0) is 15.8. The molecule has 1 heterocycles. The van der Waals surface area contributed by atoms with E-state index in [-0.39, 0.29) is 0 Å². The van der Waals surface area contributed by atoms with E-state index in [0.717, 1.165) is 26.2 Å². The fourth-order valence-electron chi connectivity index (χ4n) is 3.45. The lowest BCUT2D eigenvalue weighted by Crippen LogP contribution is -2.45. The molecule has 0 bridgehead atoms. The van der Waals surface area contributed by atoms with E-state index in [0.29, 0.717) is 6.04 Å². The van der Waals surface area contributed by atoms with Gasteiger partial charge in [0.2, 0.25) is 0 Å². The van der Waals surface area contributed by atoms with E-state index in [1.807, 2.05) is 0 Å². The first kappa shape index (κ1) is 17.3. The number of piperazine rings is 1. The minimum atomic E-state index is 0.591. The number of hydrogen-bond donors (Lipinski definition) is 1. The van der Waals surface area contributed by atoms with Crippen LogP contribution in [0.4, 0.5) is 5.69 Å². The highest BCUT2D eigenvalue weighted by Crippen LogP contribution is 2.28. The quantitative estimate of drug-likeness (QED) is 0.790. The van der Waals surface area contributed by atoms with Crippen LogP contribution in [0.2, 0.25) is 0 Å². The lowest BCUT2D eigenvalue weighted by atomic mass is 9.98. The fraction of sp³-hybridized carbons (Fsp3) is 0.684. The lowest BCUT2D eigenvalue weighted by molar-refractivity contribution is 0.163. The maximum Gasteiger partial charge on any atom is 0.0366 e. The predicted octanol–water partition coefficient (Wildman–Crippen LogP) is 3.67. The molecule has 22 heavy (non-hydrogen) atoms. The summed E-state index contributed by atoms with van der Waals surface area (Å²) in [6.45, 7) is 13.5. The average Bonchev–Trinajstić information content (AvgIpc) is 2.58. The Hall–Kier alpha value is -1.06. The van der Waals surface area contributed by atoms with Crippen LogP contribution in [-0.4, -0.2) is 44.2 Å². The smallest absolute Gasteiger partial charge is 0.0366 e. The van der Waals surface area contributed by atoms with Gasteiger partial charge in [0.15, 0.2) is 0 Å². The van der Waals surface area contributed by atoms with E-state index in [4.69, 9.17) is 0 Å². The first-order valence-electron chi connectivity index (χ1n) is 9.09. The van der Waals surface area contributed by atoms with Crippen LogP contribution in [0.25, 0.3) is 0 Å². The van der Waals surface area contributed by atoms with Crippen molar-refractivity contribution < 1.29 is 0 Å². The van der Waals surface area contributed by atoms with E-state index in [2.05, 4.69) is 60.2 Å². The number of benzene rings is 1. The molecule has 2 rings (SSSR count). The Labute approximate surface area is 136 Å². The molecule has 124 valence electrons. The van der Waals surface area contributed by atoms with E-state index < -0.39 is 0 Å². The molecule has 1 atom stereocenters. The second-order valence-electron chi connectivity index (χ2n) is 6.21. The molecule has 1 aliphatic heterocycles. The van der Waals surface area contributed by atoms with Crippen molar-refractivity contribution in [1.29, 1.82) is 0 Å². The summed E-state index contributed by atoms with van der Waals surface area (Å²) in [6.07, 6.45) is 3.87. The summed E-state index contributed by atoms with van der Waals surface area (Å²) >= 11 is 0. The van der Waals surface area contributed by atoms with E-state index in [1.165, 1.54) is 43.6 Å². The molecule has 0 radical (unpaired) electrons. The van der Waals surface area contributed by atoms with Gasteiger partial charge in [0.1, 0.15) is 0 Å². The molecule has 0 aliphatic carbocycles. The number of nitrogens with one attached hydrogen (secondary N) is 1. The summed E-state index contributed by atoms with van der Waals surface area (Å²) in [7, 11) is 0. The summed E-state index contributed by atoms with van der Waals surface area (Å²) in [4.78, 5) is 5.08. The van der Waals surface area contributed by atoms with Gasteiger partial charge in [-0.2, -0.15) is 0 Å². The second kappa shape index (κ2) is 9.16. The van der Waals surface area contributed by atoms with Crippen LogP contribution in [0.15, 0.2) is 24.3 Å². The van der Waals surface area contributed by atoms with Gasteiger partial charge in [-0.3, -0.25) is 4.90 Å². The molecular weight excluding hydrogens is 270 g/mol. The van der Waals surface area contributed by atoms with Gasteiger partial charge >= 0.3 is 0 Å². The number of nitrogens with zero attached hydrogens (tertiary/aromatic N) is 2. The largest absolute Gasteiger partial charge is 0.372 e.